The first-order valence-corrected chi connectivity index (χ1v) is 7.34. The van der Waals surface area contributed by atoms with Crippen LogP contribution in [-0.2, 0) is 11.3 Å². The van der Waals surface area contributed by atoms with E-state index in [1.807, 2.05) is 13.0 Å². The van der Waals surface area contributed by atoms with E-state index in [1.165, 1.54) is 0 Å². The lowest BCUT2D eigenvalue weighted by Gasteiger charge is -2.06. The minimum absolute atomic E-state index is 0.0277. The van der Waals surface area contributed by atoms with E-state index in [0.29, 0.717) is 25.2 Å². The number of nitrogens with zero attached hydrogens (tertiary/aromatic N) is 3. The maximum atomic E-state index is 11.9. The van der Waals surface area contributed by atoms with Crippen LogP contribution in [0.15, 0.2) is 22.1 Å². The van der Waals surface area contributed by atoms with Gasteiger partial charge in [0, 0.05) is 36.8 Å². The van der Waals surface area contributed by atoms with E-state index in [9.17, 15) is 9.59 Å². The van der Waals surface area contributed by atoms with Crippen molar-refractivity contribution < 1.29 is 4.79 Å². The Bertz CT molecular complexity index is 771. The first-order chi connectivity index (χ1) is 11.0. The molecule has 0 aromatic carbocycles. The number of nitrogens with one attached hydrogen (secondary N) is 2. The average Bonchev–Trinajstić information content (AvgIpc) is 2.82. The molecule has 0 spiro atoms. The first kappa shape index (κ1) is 16.5. The van der Waals surface area contributed by atoms with Crippen molar-refractivity contribution in [3.8, 4) is 0 Å². The van der Waals surface area contributed by atoms with E-state index >= 15 is 0 Å². The highest BCUT2D eigenvalue weighted by Gasteiger charge is 2.05. The fourth-order valence-electron chi connectivity index (χ4n) is 2.18. The van der Waals surface area contributed by atoms with Crippen molar-refractivity contribution in [1.29, 1.82) is 0 Å². The topological polar surface area (TPSA) is 144 Å². The summed E-state index contributed by atoms with van der Waals surface area (Å²) in [4.78, 5) is 34.2. The Morgan fingerprint density at radius 1 is 1.48 bits per heavy atom. The van der Waals surface area contributed by atoms with Gasteiger partial charge in [-0.25, -0.2) is 4.79 Å². The van der Waals surface area contributed by atoms with Crippen LogP contribution in [0.5, 0.6) is 0 Å². The predicted octanol–water partition coefficient (Wildman–Crippen LogP) is -0.797. The van der Waals surface area contributed by atoms with Gasteiger partial charge in [0.25, 0.3) is 0 Å². The number of aromatic nitrogens is 3. The third-order valence-corrected chi connectivity index (χ3v) is 3.24. The molecule has 0 atom stereocenters. The third kappa shape index (κ3) is 4.83. The lowest BCUT2D eigenvalue weighted by molar-refractivity contribution is -0.120. The van der Waals surface area contributed by atoms with Crippen LogP contribution in [0.3, 0.4) is 0 Å². The number of nitrogens with two attached hydrogens (primary N) is 2. The van der Waals surface area contributed by atoms with Crippen LogP contribution in [0.4, 0.5) is 0 Å². The van der Waals surface area contributed by atoms with E-state index in [4.69, 9.17) is 11.5 Å². The Morgan fingerprint density at radius 2 is 2.26 bits per heavy atom. The molecule has 0 aliphatic carbocycles. The van der Waals surface area contributed by atoms with Gasteiger partial charge in [0.2, 0.25) is 5.91 Å². The number of aryl methyl sites for hydroxylation is 2. The van der Waals surface area contributed by atoms with Crippen molar-refractivity contribution in [2.45, 2.75) is 26.3 Å². The molecule has 0 aliphatic rings. The summed E-state index contributed by atoms with van der Waals surface area (Å²) in [7, 11) is 0. The largest absolute Gasteiger partial charge is 0.370 e. The molecule has 0 fully saturated rings. The Labute approximate surface area is 132 Å². The SMILES string of the molecule is Cc1cc2cn(CCCNC(=O)CCN=C(N)N)c(=O)nc2[nH]1. The number of aliphatic imine (C=N–C) groups is 1. The standard InChI is InChI=1S/C14H21N7O2/c1-9-7-10-8-21(14(23)20-12(10)19-9)6-2-4-17-11(22)3-5-18-13(15)16/h7-8H,2-6H2,1H3,(H,17,22)(H4,15,16,18)(H,19,20,23). The summed E-state index contributed by atoms with van der Waals surface area (Å²) in [5.41, 5.74) is 11.6. The molecule has 0 aliphatic heterocycles. The van der Waals surface area contributed by atoms with Gasteiger partial charge in [-0.1, -0.05) is 0 Å². The lowest BCUT2D eigenvalue weighted by atomic mass is 10.3. The molecule has 9 heteroatoms. The Kier molecular flexibility index (Phi) is 5.34. The van der Waals surface area contributed by atoms with Gasteiger partial charge in [-0.3, -0.25) is 14.4 Å². The molecule has 0 radical (unpaired) electrons. The van der Waals surface area contributed by atoms with Crippen molar-refractivity contribution in [3.05, 3.63) is 28.4 Å². The maximum Gasteiger partial charge on any atom is 0.349 e. The second-order valence-electron chi connectivity index (χ2n) is 5.23. The van der Waals surface area contributed by atoms with Gasteiger partial charge < -0.3 is 21.8 Å². The Hall–Kier alpha value is -2.84. The van der Waals surface area contributed by atoms with Gasteiger partial charge in [-0.05, 0) is 19.4 Å². The minimum Gasteiger partial charge on any atom is -0.370 e. The zero-order chi connectivity index (χ0) is 16.8. The molecule has 2 aromatic heterocycles. The highest BCUT2D eigenvalue weighted by Crippen LogP contribution is 2.09. The molecule has 23 heavy (non-hydrogen) atoms. The van der Waals surface area contributed by atoms with Gasteiger partial charge in [-0.15, -0.1) is 0 Å². The van der Waals surface area contributed by atoms with Crippen molar-refractivity contribution >= 4 is 22.9 Å². The third-order valence-electron chi connectivity index (χ3n) is 3.24. The number of carbonyl (C=O) groups excluding carboxylic acids is 1. The number of carbonyl (C=O) groups is 1. The van der Waals surface area contributed by atoms with E-state index < -0.39 is 0 Å². The lowest BCUT2D eigenvalue weighted by Crippen LogP contribution is -2.28. The number of hydrogen-bond donors (Lipinski definition) is 4. The molecule has 0 saturated heterocycles. The molecule has 9 nitrogen and oxygen atoms in total. The van der Waals surface area contributed by atoms with E-state index in [1.54, 1.807) is 10.8 Å². The van der Waals surface area contributed by atoms with Gasteiger partial charge in [0.15, 0.2) is 5.96 Å². The van der Waals surface area contributed by atoms with E-state index in [0.717, 1.165) is 11.1 Å². The molecule has 2 aromatic rings. The zero-order valence-corrected chi connectivity index (χ0v) is 13.0. The summed E-state index contributed by atoms with van der Waals surface area (Å²) >= 11 is 0. The number of guanidine groups is 1. The maximum absolute atomic E-state index is 11.9. The summed E-state index contributed by atoms with van der Waals surface area (Å²) < 4.78 is 1.54. The Balaban J connectivity index is 1.80. The predicted molar refractivity (Wildman–Crippen MR) is 88.0 cm³/mol. The summed E-state index contributed by atoms with van der Waals surface area (Å²) in [5.74, 6) is -0.155. The van der Waals surface area contributed by atoms with Crippen LogP contribution in [-0.4, -0.2) is 39.5 Å². The molecule has 2 rings (SSSR count). The number of amides is 1. The van der Waals surface area contributed by atoms with Gasteiger partial charge in [0.1, 0.15) is 5.65 Å². The smallest absolute Gasteiger partial charge is 0.349 e. The van der Waals surface area contributed by atoms with Crippen molar-refractivity contribution in [2.75, 3.05) is 13.1 Å². The highest BCUT2D eigenvalue weighted by atomic mass is 16.2. The van der Waals surface area contributed by atoms with Crippen LogP contribution in [0, 0.1) is 6.92 Å². The van der Waals surface area contributed by atoms with Gasteiger partial charge >= 0.3 is 5.69 Å². The quantitative estimate of drug-likeness (QED) is 0.300. The van der Waals surface area contributed by atoms with Crippen molar-refractivity contribution in [1.82, 2.24) is 19.9 Å². The summed E-state index contributed by atoms with van der Waals surface area (Å²) in [6.45, 7) is 3.13. The number of aromatic amines is 1. The summed E-state index contributed by atoms with van der Waals surface area (Å²) in [6.07, 6.45) is 2.63. The number of fused-ring (bicyclic) bond motifs is 1. The second kappa shape index (κ2) is 7.43. The molecule has 124 valence electrons. The summed E-state index contributed by atoms with van der Waals surface area (Å²) in [6, 6.07) is 1.93. The van der Waals surface area contributed by atoms with Gasteiger partial charge in [0.05, 0.1) is 6.54 Å². The monoisotopic (exact) mass is 319 g/mol. The van der Waals surface area contributed by atoms with E-state index in [2.05, 4.69) is 20.3 Å². The van der Waals surface area contributed by atoms with Crippen molar-refractivity contribution in [2.24, 2.45) is 16.5 Å². The van der Waals surface area contributed by atoms with Crippen LogP contribution in [0.25, 0.3) is 11.0 Å². The van der Waals surface area contributed by atoms with Crippen molar-refractivity contribution in [3.63, 3.8) is 0 Å². The fraction of sp³-hybridized carbons (Fsp3) is 0.429. The average molecular weight is 319 g/mol. The first-order valence-electron chi connectivity index (χ1n) is 7.34. The van der Waals surface area contributed by atoms with Crippen LogP contribution < -0.4 is 22.5 Å². The minimum atomic E-state index is -0.307. The highest BCUT2D eigenvalue weighted by molar-refractivity contribution is 5.78. The fourth-order valence-corrected chi connectivity index (χ4v) is 2.18. The Morgan fingerprint density at radius 3 is 3.00 bits per heavy atom. The molecule has 1 amide bonds. The molecular formula is C14H21N7O2. The molecule has 0 bridgehead atoms. The zero-order valence-electron chi connectivity index (χ0n) is 13.0. The molecule has 0 saturated carbocycles. The van der Waals surface area contributed by atoms with Crippen LogP contribution in [0.2, 0.25) is 0 Å². The summed E-state index contributed by atoms with van der Waals surface area (Å²) in [5, 5.41) is 3.65. The molecule has 6 N–H and O–H groups in total. The number of rotatable bonds is 7. The van der Waals surface area contributed by atoms with Crippen LogP contribution in [0.1, 0.15) is 18.5 Å². The normalized spacial score (nSPS) is 10.7. The molecule has 2 heterocycles. The van der Waals surface area contributed by atoms with Gasteiger partial charge in [-0.2, -0.15) is 4.98 Å². The van der Waals surface area contributed by atoms with E-state index in [-0.39, 0.29) is 30.5 Å². The number of H-pyrrole nitrogens is 1. The molecular weight excluding hydrogens is 298 g/mol. The number of hydrogen-bond acceptors (Lipinski definition) is 4. The molecule has 0 unspecified atom stereocenters. The second-order valence-corrected chi connectivity index (χ2v) is 5.23. The van der Waals surface area contributed by atoms with Crippen LogP contribution >= 0.6 is 0 Å².